The maximum atomic E-state index is 13.6. The number of carbonyl (C=O) groups is 1. The molecule has 0 saturated carbocycles. The normalized spacial score (nSPS) is 16.8. The van der Waals surface area contributed by atoms with Gasteiger partial charge in [0, 0.05) is 11.3 Å². The molecule has 2 rings (SSSR count). The summed E-state index contributed by atoms with van der Waals surface area (Å²) in [6.45, 7) is 4.85. The van der Waals surface area contributed by atoms with Crippen LogP contribution in [0.4, 0.5) is 10.1 Å². The summed E-state index contributed by atoms with van der Waals surface area (Å²) in [4.78, 5) is 12.1. The first-order chi connectivity index (χ1) is 10.2. The van der Waals surface area contributed by atoms with Crippen LogP contribution in [0.3, 0.4) is 0 Å². The molecule has 1 aliphatic rings. The summed E-state index contributed by atoms with van der Waals surface area (Å²) in [5.74, 6) is -0.978. The van der Waals surface area contributed by atoms with Crippen molar-refractivity contribution >= 4 is 27.5 Å². The molecule has 0 bridgehead atoms. The minimum atomic E-state index is -3.73. The number of aryl methyl sites for hydroxylation is 1. The molecule has 22 heavy (non-hydrogen) atoms. The quantitative estimate of drug-likeness (QED) is 0.891. The van der Waals surface area contributed by atoms with Crippen LogP contribution in [0.2, 0.25) is 0 Å². The minimum Gasteiger partial charge on any atom is -0.323 e. The standard InChI is InChI=1S/C14H16FN3O3S/c1-8-4-5-12(15)13(6-8)16-14(19)7-11-9(2)17-22(20,21)18-10(11)3/h4-6,17H,7H2,1-3H3,(H,16,19). The molecule has 0 unspecified atom stereocenters. The van der Waals surface area contributed by atoms with Gasteiger partial charge >= 0.3 is 10.2 Å². The van der Waals surface area contributed by atoms with E-state index in [2.05, 4.69) is 14.4 Å². The summed E-state index contributed by atoms with van der Waals surface area (Å²) >= 11 is 0. The molecule has 0 fully saturated rings. The Hall–Kier alpha value is -2.22. The molecule has 0 aromatic heterocycles. The van der Waals surface area contributed by atoms with Crippen molar-refractivity contribution in [2.75, 3.05) is 5.32 Å². The van der Waals surface area contributed by atoms with Gasteiger partial charge in [-0.25, -0.2) is 4.39 Å². The van der Waals surface area contributed by atoms with Crippen molar-refractivity contribution < 1.29 is 17.6 Å². The Morgan fingerprint density at radius 3 is 2.64 bits per heavy atom. The molecule has 0 atom stereocenters. The highest BCUT2D eigenvalue weighted by atomic mass is 32.2. The maximum Gasteiger partial charge on any atom is 0.342 e. The van der Waals surface area contributed by atoms with Crippen LogP contribution < -0.4 is 10.0 Å². The van der Waals surface area contributed by atoms with Crippen molar-refractivity contribution in [1.82, 2.24) is 4.72 Å². The van der Waals surface area contributed by atoms with Crippen LogP contribution >= 0.6 is 0 Å². The van der Waals surface area contributed by atoms with Crippen LogP contribution in [-0.4, -0.2) is 20.0 Å². The first kappa shape index (κ1) is 16.2. The van der Waals surface area contributed by atoms with Crippen molar-refractivity contribution in [3.63, 3.8) is 0 Å². The number of allylic oxidation sites excluding steroid dienone is 1. The maximum absolute atomic E-state index is 13.6. The van der Waals surface area contributed by atoms with Crippen molar-refractivity contribution in [3.8, 4) is 0 Å². The molecule has 1 heterocycles. The lowest BCUT2D eigenvalue weighted by Gasteiger charge is -2.18. The van der Waals surface area contributed by atoms with E-state index in [1.54, 1.807) is 19.9 Å². The number of nitrogens with zero attached hydrogens (tertiary/aromatic N) is 1. The molecule has 1 aromatic rings. The fourth-order valence-electron chi connectivity index (χ4n) is 2.13. The summed E-state index contributed by atoms with van der Waals surface area (Å²) < 4.78 is 42.1. The Morgan fingerprint density at radius 2 is 2.00 bits per heavy atom. The van der Waals surface area contributed by atoms with Crippen molar-refractivity contribution in [1.29, 1.82) is 0 Å². The fourth-order valence-corrected chi connectivity index (χ4v) is 3.16. The van der Waals surface area contributed by atoms with E-state index in [1.165, 1.54) is 19.1 Å². The highest BCUT2D eigenvalue weighted by Gasteiger charge is 2.22. The molecule has 1 aliphatic heterocycles. The third kappa shape index (κ3) is 3.70. The third-order valence-corrected chi connectivity index (χ3v) is 4.24. The van der Waals surface area contributed by atoms with Crippen LogP contribution in [0, 0.1) is 12.7 Å². The van der Waals surface area contributed by atoms with E-state index in [0.717, 1.165) is 5.56 Å². The van der Waals surface area contributed by atoms with Crippen LogP contribution in [0.5, 0.6) is 0 Å². The Kier molecular flexibility index (Phi) is 4.32. The number of rotatable bonds is 3. The van der Waals surface area contributed by atoms with Gasteiger partial charge in [0.25, 0.3) is 0 Å². The minimum absolute atomic E-state index is 0.0919. The molecule has 6 nitrogen and oxygen atoms in total. The van der Waals surface area contributed by atoms with Gasteiger partial charge in [0.2, 0.25) is 5.91 Å². The van der Waals surface area contributed by atoms with Gasteiger partial charge in [0.1, 0.15) is 5.82 Å². The molecular weight excluding hydrogens is 309 g/mol. The molecule has 0 radical (unpaired) electrons. The molecule has 0 aliphatic carbocycles. The van der Waals surface area contributed by atoms with Gasteiger partial charge in [-0.3, -0.25) is 9.52 Å². The van der Waals surface area contributed by atoms with Crippen molar-refractivity contribution in [3.05, 3.63) is 40.8 Å². The van der Waals surface area contributed by atoms with Crippen molar-refractivity contribution in [2.24, 2.45) is 4.40 Å². The van der Waals surface area contributed by atoms with Crippen LogP contribution in [0.25, 0.3) is 0 Å². The Morgan fingerprint density at radius 1 is 1.32 bits per heavy atom. The second-order valence-electron chi connectivity index (χ2n) is 5.07. The molecule has 1 amide bonds. The molecular formula is C14H16FN3O3S. The number of anilines is 1. The lowest BCUT2D eigenvalue weighted by Crippen LogP contribution is -2.29. The summed E-state index contributed by atoms with van der Waals surface area (Å²) in [6, 6.07) is 4.40. The van der Waals surface area contributed by atoms with E-state index in [1.807, 2.05) is 0 Å². The highest BCUT2D eigenvalue weighted by molar-refractivity contribution is 7.88. The highest BCUT2D eigenvalue weighted by Crippen LogP contribution is 2.19. The lowest BCUT2D eigenvalue weighted by atomic mass is 10.1. The van der Waals surface area contributed by atoms with Crippen LogP contribution in [0.15, 0.2) is 33.9 Å². The third-order valence-electron chi connectivity index (χ3n) is 3.16. The van der Waals surface area contributed by atoms with Gasteiger partial charge in [-0.2, -0.15) is 8.42 Å². The predicted octanol–water partition coefficient (Wildman–Crippen LogP) is 2.05. The second-order valence-corrected chi connectivity index (χ2v) is 6.40. The number of halogens is 1. The van der Waals surface area contributed by atoms with E-state index in [-0.39, 0.29) is 17.8 Å². The zero-order chi connectivity index (χ0) is 16.5. The summed E-state index contributed by atoms with van der Waals surface area (Å²) in [5, 5.41) is 2.48. The molecule has 118 valence electrons. The SMILES string of the molecule is CC1=NS(=O)(=O)NC(C)=C1CC(=O)Nc1cc(C)ccc1F. The average Bonchev–Trinajstić information content (AvgIpc) is 2.37. The number of hydrogen-bond donors (Lipinski definition) is 2. The smallest absolute Gasteiger partial charge is 0.323 e. The molecule has 0 saturated heterocycles. The van der Waals surface area contributed by atoms with Gasteiger partial charge in [-0.15, -0.1) is 4.40 Å². The molecule has 0 spiro atoms. The van der Waals surface area contributed by atoms with Gasteiger partial charge in [-0.05, 0) is 38.5 Å². The Balaban J connectivity index is 2.16. The molecule has 1 aromatic carbocycles. The van der Waals surface area contributed by atoms with Crippen LogP contribution in [-0.2, 0) is 15.0 Å². The summed E-state index contributed by atoms with van der Waals surface area (Å²) in [7, 11) is -3.73. The topological polar surface area (TPSA) is 87.6 Å². The van der Waals surface area contributed by atoms with E-state index < -0.39 is 21.9 Å². The fraction of sp³-hybridized carbons (Fsp3) is 0.286. The largest absolute Gasteiger partial charge is 0.342 e. The van der Waals surface area contributed by atoms with E-state index in [0.29, 0.717) is 11.3 Å². The van der Waals surface area contributed by atoms with Gasteiger partial charge in [-0.1, -0.05) is 6.07 Å². The Labute approximate surface area is 128 Å². The molecule has 8 heteroatoms. The van der Waals surface area contributed by atoms with E-state index >= 15 is 0 Å². The van der Waals surface area contributed by atoms with Gasteiger partial charge in [0.15, 0.2) is 0 Å². The predicted molar refractivity (Wildman–Crippen MR) is 82.2 cm³/mol. The number of carbonyl (C=O) groups excluding carboxylic acids is 1. The number of amides is 1. The van der Waals surface area contributed by atoms with Crippen molar-refractivity contribution in [2.45, 2.75) is 27.2 Å². The average molecular weight is 325 g/mol. The monoisotopic (exact) mass is 325 g/mol. The number of hydrogen-bond acceptors (Lipinski definition) is 3. The van der Waals surface area contributed by atoms with Gasteiger partial charge in [0.05, 0.1) is 17.8 Å². The number of nitrogens with one attached hydrogen (secondary N) is 2. The van der Waals surface area contributed by atoms with Gasteiger partial charge < -0.3 is 5.32 Å². The summed E-state index contributed by atoms with van der Waals surface area (Å²) in [6.07, 6.45) is -0.100. The zero-order valence-corrected chi connectivity index (χ0v) is 13.2. The zero-order valence-electron chi connectivity index (χ0n) is 12.4. The van der Waals surface area contributed by atoms with E-state index in [9.17, 15) is 17.6 Å². The first-order valence-electron chi connectivity index (χ1n) is 6.53. The first-order valence-corrected chi connectivity index (χ1v) is 7.97. The molecule has 2 N–H and O–H groups in total. The Bertz CT molecular complexity index is 798. The number of benzene rings is 1. The van der Waals surface area contributed by atoms with E-state index in [4.69, 9.17) is 0 Å². The summed E-state index contributed by atoms with van der Waals surface area (Å²) in [5.41, 5.74) is 1.97. The second kappa shape index (κ2) is 5.88. The lowest BCUT2D eigenvalue weighted by molar-refractivity contribution is -0.115. The van der Waals surface area contributed by atoms with Crippen LogP contribution in [0.1, 0.15) is 25.8 Å².